The van der Waals surface area contributed by atoms with Crippen LogP contribution < -0.4 is 5.32 Å². The average molecular weight is 236 g/mol. The van der Waals surface area contributed by atoms with E-state index in [9.17, 15) is 0 Å². The largest absolute Gasteiger partial charge is 0.316 e. The third kappa shape index (κ3) is 3.53. The molecule has 1 fully saturated rings. The molecule has 4 nitrogen and oxygen atoms in total. The lowest BCUT2D eigenvalue weighted by molar-refractivity contribution is 0.331. The second kappa shape index (κ2) is 6.15. The predicted octanol–water partition coefficient (Wildman–Crippen LogP) is 1.92. The smallest absolute Gasteiger partial charge is 0.0842 e. The minimum Gasteiger partial charge on any atom is -0.316 e. The lowest BCUT2D eigenvalue weighted by Crippen LogP contribution is -2.35. The molecule has 1 aliphatic rings. The minimum absolute atomic E-state index is 0.560. The maximum absolute atomic E-state index is 4.19. The molecule has 1 aromatic rings. The van der Waals surface area contributed by atoms with E-state index in [0.717, 1.165) is 18.0 Å². The zero-order chi connectivity index (χ0) is 12.1. The molecule has 1 atom stereocenters. The second-order valence-corrected chi connectivity index (χ2v) is 5.23. The summed E-state index contributed by atoms with van der Waals surface area (Å²) < 4.78 is 1.79. The first-order valence-corrected chi connectivity index (χ1v) is 6.82. The topological polar surface area (TPSA) is 42.7 Å². The molecule has 4 heteroatoms. The molecule has 96 valence electrons. The molecule has 17 heavy (non-hydrogen) atoms. The first kappa shape index (κ1) is 12.6. The average Bonchev–Trinajstić information content (AvgIpc) is 2.58. The zero-order valence-electron chi connectivity index (χ0n) is 11.0. The van der Waals surface area contributed by atoms with E-state index in [2.05, 4.69) is 22.7 Å². The van der Waals surface area contributed by atoms with Crippen LogP contribution in [-0.2, 0) is 13.5 Å². The first-order chi connectivity index (χ1) is 8.29. The molecule has 0 aromatic carbocycles. The van der Waals surface area contributed by atoms with Gasteiger partial charge in [0.1, 0.15) is 0 Å². The molecule has 0 bridgehead atoms. The summed E-state index contributed by atoms with van der Waals surface area (Å²) in [5.74, 6) is 0.810. The molecule has 1 saturated carbocycles. The van der Waals surface area contributed by atoms with Crippen molar-refractivity contribution in [2.45, 2.75) is 51.0 Å². The highest BCUT2D eigenvalue weighted by molar-refractivity contribution is 4.97. The van der Waals surface area contributed by atoms with Crippen LogP contribution in [-0.4, -0.2) is 28.1 Å². The van der Waals surface area contributed by atoms with Crippen LogP contribution in [0.2, 0.25) is 0 Å². The van der Waals surface area contributed by atoms with Gasteiger partial charge in [-0.2, -0.15) is 0 Å². The summed E-state index contributed by atoms with van der Waals surface area (Å²) in [6.45, 7) is 0. The molecule has 0 amide bonds. The van der Waals surface area contributed by atoms with Gasteiger partial charge in [-0.3, -0.25) is 4.68 Å². The van der Waals surface area contributed by atoms with E-state index in [-0.39, 0.29) is 0 Å². The van der Waals surface area contributed by atoms with Gasteiger partial charge in [-0.05, 0) is 25.8 Å². The van der Waals surface area contributed by atoms with Crippen LogP contribution in [0.3, 0.4) is 0 Å². The van der Waals surface area contributed by atoms with Crippen LogP contribution in [0.5, 0.6) is 0 Å². The van der Waals surface area contributed by atoms with E-state index in [4.69, 9.17) is 0 Å². The summed E-state index contributed by atoms with van der Waals surface area (Å²) in [6, 6.07) is 0.560. The molecule has 1 heterocycles. The number of aryl methyl sites for hydroxylation is 1. The summed E-state index contributed by atoms with van der Waals surface area (Å²) in [6.07, 6.45) is 11.4. The standard InChI is InChI=1S/C13H24N4/c1-14-13(9-12-10-17(2)16-15-12)11-7-5-3-4-6-8-11/h10-11,13-14H,3-9H2,1-2H3. The number of hydrogen-bond acceptors (Lipinski definition) is 3. The Morgan fingerprint density at radius 2 is 2.06 bits per heavy atom. The van der Waals surface area contributed by atoms with Crippen molar-refractivity contribution in [3.8, 4) is 0 Å². The molecular formula is C13H24N4. The van der Waals surface area contributed by atoms with Crippen molar-refractivity contribution in [3.05, 3.63) is 11.9 Å². The number of likely N-dealkylation sites (N-methyl/N-ethyl adjacent to an activating group) is 1. The van der Waals surface area contributed by atoms with Crippen molar-refractivity contribution in [1.82, 2.24) is 20.3 Å². The fraction of sp³-hybridized carbons (Fsp3) is 0.846. The fourth-order valence-corrected chi connectivity index (χ4v) is 2.93. The van der Waals surface area contributed by atoms with Crippen LogP contribution in [0.1, 0.15) is 44.2 Å². The monoisotopic (exact) mass is 236 g/mol. The van der Waals surface area contributed by atoms with Gasteiger partial charge in [-0.15, -0.1) is 5.10 Å². The van der Waals surface area contributed by atoms with Crippen LogP contribution in [0.15, 0.2) is 6.20 Å². The SMILES string of the molecule is CNC(Cc1cn(C)nn1)C1CCCCCC1. The Hall–Kier alpha value is -0.900. The summed E-state index contributed by atoms with van der Waals surface area (Å²) in [5, 5.41) is 11.7. The lowest BCUT2D eigenvalue weighted by atomic mass is 9.89. The van der Waals surface area contributed by atoms with Crippen LogP contribution in [0.25, 0.3) is 0 Å². The van der Waals surface area contributed by atoms with Crippen LogP contribution >= 0.6 is 0 Å². The molecule has 0 saturated heterocycles. The highest BCUT2D eigenvalue weighted by Crippen LogP contribution is 2.26. The van der Waals surface area contributed by atoms with Crippen molar-refractivity contribution in [2.24, 2.45) is 13.0 Å². The van der Waals surface area contributed by atoms with E-state index < -0.39 is 0 Å². The van der Waals surface area contributed by atoms with Gasteiger partial charge in [0, 0.05) is 25.7 Å². The number of aromatic nitrogens is 3. The first-order valence-electron chi connectivity index (χ1n) is 6.82. The normalized spacial score (nSPS) is 20.1. The van der Waals surface area contributed by atoms with E-state index in [1.165, 1.54) is 38.5 Å². The summed E-state index contributed by atoms with van der Waals surface area (Å²) >= 11 is 0. The predicted molar refractivity (Wildman–Crippen MR) is 68.7 cm³/mol. The Morgan fingerprint density at radius 1 is 1.35 bits per heavy atom. The molecule has 1 unspecified atom stereocenters. The summed E-state index contributed by atoms with van der Waals surface area (Å²) in [5.41, 5.74) is 1.11. The third-order valence-corrected chi connectivity index (χ3v) is 3.92. The highest BCUT2D eigenvalue weighted by atomic mass is 15.4. The van der Waals surface area contributed by atoms with Gasteiger partial charge >= 0.3 is 0 Å². The molecule has 1 aromatic heterocycles. The van der Waals surface area contributed by atoms with Gasteiger partial charge in [-0.1, -0.05) is 30.9 Å². The molecule has 0 radical (unpaired) electrons. The highest BCUT2D eigenvalue weighted by Gasteiger charge is 2.22. The minimum atomic E-state index is 0.560. The van der Waals surface area contributed by atoms with Crippen molar-refractivity contribution in [1.29, 1.82) is 0 Å². The van der Waals surface area contributed by atoms with E-state index >= 15 is 0 Å². The van der Waals surface area contributed by atoms with Crippen LogP contribution in [0.4, 0.5) is 0 Å². The maximum atomic E-state index is 4.19. The molecular weight excluding hydrogens is 212 g/mol. The molecule has 0 spiro atoms. The fourth-order valence-electron chi connectivity index (χ4n) is 2.93. The van der Waals surface area contributed by atoms with E-state index in [0.29, 0.717) is 6.04 Å². The number of nitrogens with zero attached hydrogens (tertiary/aromatic N) is 3. The Labute approximate surface area is 104 Å². The van der Waals surface area contributed by atoms with Crippen molar-refractivity contribution >= 4 is 0 Å². The number of rotatable bonds is 4. The molecule has 1 aliphatic carbocycles. The van der Waals surface area contributed by atoms with Gasteiger partial charge in [0.25, 0.3) is 0 Å². The van der Waals surface area contributed by atoms with Gasteiger partial charge in [-0.25, -0.2) is 0 Å². The molecule has 1 N–H and O–H groups in total. The molecule has 2 rings (SSSR count). The van der Waals surface area contributed by atoms with E-state index in [1.807, 2.05) is 13.2 Å². The van der Waals surface area contributed by atoms with Gasteiger partial charge in [0.2, 0.25) is 0 Å². The third-order valence-electron chi connectivity index (χ3n) is 3.92. The Bertz CT molecular complexity index is 326. The van der Waals surface area contributed by atoms with E-state index in [1.54, 1.807) is 4.68 Å². The maximum Gasteiger partial charge on any atom is 0.0842 e. The Kier molecular flexibility index (Phi) is 4.54. The summed E-state index contributed by atoms with van der Waals surface area (Å²) in [4.78, 5) is 0. The molecule has 0 aliphatic heterocycles. The Balaban J connectivity index is 1.95. The zero-order valence-corrected chi connectivity index (χ0v) is 11.0. The number of hydrogen-bond donors (Lipinski definition) is 1. The lowest BCUT2D eigenvalue weighted by Gasteiger charge is -2.25. The van der Waals surface area contributed by atoms with Gasteiger partial charge in [0.05, 0.1) is 5.69 Å². The number of nitrogens with one attached hydrogen (secondary N) is 1. The quantitative estimate of drug-likeness (QED) is 0.812. The van der Waals surface area contributed by atoms with Crippen molar-refractivity contribution < 1.29 is 0 Å². The van der Waals surface area contributed by atoms with Crippen molar-refractivity contribution in [2.75, 3.05) is 7.05 Å². The second-order valence-electron chi connectivity index (χ2n) is 5.23. The van der Waals surface area contributed by atoms with Gasteiger partial charge in [0.15, 0.2) is 0 Å². The summed E-state index contributed by atoms with van der Waals surface area (Å²) in [7, 11) is 4.00. The van der Waals surface area contributed by atoms with Crippen LogP contribution in [0, 0.1) is 5.92 Å². The van der Waals surface area contributed by atoms with Gasteiger partial charge < -0.3 is 5.32 Å². The van der Waals surface area contributed by atoms with Crippen molar-refractivity contribution in [3.63, 3.8) is 0 Å². The Morgan fingerprint density at radius 3 is 2.59 bits per heavy atom.